The largest absolute Gasteiger partial charge is 0.326 e. The molecule has 2 aromatic carbocycles. The lowest BCUT2D eigenvalue weighted by atomic mass is 10.2. The van der Waals surface area contributed by atoms with Gasteiger partial charge in [-0.1, -0.05) is 23.5 Å². The molecule has 0 spiro atoms. The molecule has 1 aliphatic heterocycles. The minimum atomic E-state index is -3.93. The van der Waals surface area contributed by atoms with Gasteiger partial charge >= 0.3 is 4.87 Å². The van der Waals surface area contributed by atoms with Crippen molar-refractivity contribution in [1.29, 1.82) is 0 Å². The lowest BCUT2D eigenvalue weighted by molar-refractivity contribution is -0.116. The zero-order valence-corrected chi connectivity index (χ0v) is 16.3. The maximum Gasteiger partial charge on any atom is 0.307 e. The van der Waals surface area contributed by atoms with E-state index in [1.165, 1.54) is 16.7 Å². The highest BCUT2D eigenvalue weighted by atomic mass is 32.2. The van der Waals surface area contributed by atoms with Gasteiger partial charge in [-0.15, -0.1) is 0 Å². The second kappa shape index (κ2) is 6.57. The number of carbonyl (C=O) groups excluding carboxylic acids is 2. The Bertz CT molecular complexity index is 1290. The number of carbonyl (C=O) groups is 2. The van der Waals surface area contributed by atoms with E-state index in [2.05, 4.69) is 5.32 Å². The fourth-order valence-corrected chi connectivity index (χ4v) is 5.58. The molecule has 2 amide bonds. The van der Waals surface area contributed by atoms with Crippen molar-refractivity contribution in [3.8, 4) is 0 Å². The number of benzene rings is 2. The van der Waals surface area contributed by atoms with Gasteiger partial charge in [-0.05, 0) is 30.3 Å². The normalized spacial score (nSPS) is 15.0. The van der Waals surface area contributed by atoms with Crippen molar-refractivity contribution in [3.63, 3.8) is 0 Å². The number of aryl methyl sites for hydroxylation is 1. The average molecular weight is 417 g/mol. The van der Waals surface area contributed by atoms with Gasteiger partial charge in [-0.3, -0.25) is 14.4 Å². The molecule has 4 rings (SSSR count). The van der Waals surface area contributed by atoms with Crippen molar-refractivity contribution in [1.82, 2.24) is 8.87 Å². The standard InChI is InChI=1S/C18H15N3O5S2/c1-20-13-7-6-11(10-14(13)27-18(20)24)19-16(22)8-9-21-17(23)12-4-2-3-5-15(12)28(21,25)26/h2-7,10H,8-9H2,1H3,(H,19,22). The number of sulfonamides is 1. The molecule has 0 bridgehead atoms. The fraction of sp³-hybridized carbons (Fsp3) is 0.167. The van der Waals surface area contributed by atoms with E-state index in [1.807, 2.05) is 0 Å². The Morgan fingerprint density at radius 1 is 1.14 bits per heavy atom. The van der Waals surface area contributed by atoms with Crippen LogP contribution in [-0.4, -0.2) is 35.6 Å². The lowest BCUT2D eigenvalue weighted by Gasteiger charge is -2.14. The first-order valence-electron chi connectivity index (χ1n) is 8.34. The summed E-state index contributed by atoms with van der Waals surface area (Å²) in [5, 5.41) is 2.67. The molecule has 1 aromatic heterocycles. The molecule has 3 aromatic rings. The van der Waals surface area contributed by atoms with Crippen LogP contribution >= 0.6 is 11.3 Å². The molecule has 144 valence electrons. The molecule has 0 saturated carbocycles. The van der Waals surface area contributed by atoms with Crippen LogP contribution in [-0.2, 0) is 21.9 Å². The summed E-state index contributed by atoms with van der Waals surface area (Å²) < 4.78 is 28.0. The number of thiazole rings is 1. The smallest absolute Gasteiger partial charge is 0.307 e. The Kier molecular flexibility index (Phi) is 4.31. The van der Waals surface area contributed by atoms with Gasteiger partial charge in [-0.2, -0.15) is 0 Å². The number of nitrogens with one attached hydrogen (secondary N) is 1. The minimum absolute atomic E-state index is 0.0372. The maximum absolute atomic E-state index is 12.5. The topological polar surface area (TPSA) is 106 Å². The van der Waals surface area contributed by atoms with Gasteiger partial charge in [0.05, 0.1) is 15.8 Å². The SMILES string of the molecule is Cn1c(=O)sc2cc(NC(=O)CCN3C(=O)c4ccccc4S3(=O)=O)ccc21. The molecular formula is C18H15N3O5S2. The number of hydrogen-bond donors (Lipinski definition) is 1. The number of rotatable bonds is 4. The molecule has 8 nitrogen and oxygen atoms in total. The Balaban J connectivity index is 1.47. The molecule has 1 N–H and O–H groups in total. The second-order valence-corrected chi connectivity index (χ2v) is 9.11. The van der Waals surface area contributed by atoms with Gasteiger partial charge in [0.25, 0.3) is 15.9 Å². The van der Waals surface area contributed by atoms with Gasteiger partial charge in [-0.25, -0.2) is 12.7 Å². The summed E-state index contributed by atoms with van der Waals surface area (Å²) in [6.07, 6.45) is -0.179. The number of amides is 2. The van der Waals surface area contributed by atoms with E-state index in [9.17, 15) is 22.8 Å². The van der Waals surface area contributed by atoms with Crippen molar-refractivity contribution in [2.24, 2.45) is 7.05 Å². The van der Waals surface area contributed by atoms with E-state index >= 15 is 0 Å². The zero-order valence-electron chi connectivity index (χ0n) is 14.7. The number of nitrogens with zero attached hydrogens (tertiary/aromatic N) is 2. The van der Waals surface area contributed by atoms with Crippen LogP contribution in [0.4, 0.5) is 5.69 Å². The van der Waals surface area contributed by atoms with Crippen LogP contribution < -0.4 is 10.2 Å². The third kappa shape index (κ3) is 2.90. The molecule has 0 atom stereocenters. The molecule has 2 heterocycles. The predicted octanol–water partition coefficient (Wildman–Crippen LogP) is 1.77. The maximum atomic E-state index is 12.5. The van der Waals surface area contributed by atoms with Crippen molar-refractivity contribution >= 4 is 49.1 Å². The number of fused-ring (bicyclic) bond motifs is 2. The summed E-state index contributed by atoms with van der Waals surface area (Å²) in [7, 11) is -2.26. The quantitative estimate of drug-likeness (QED) is 0.697. The predicted molar refractivity (Wildman–Crippen MR) is 105 cm³/mol. The molecule has 0 unspecified atom stereocenters. The van der Waals surface area contributed by atoms with Crippen LogP contribution in [0.2, 0.25) is 0 Å². The molecule has 1 aliphatic rings. The third-order valence-corrected chi connectivity index (χ3v) is 7.37. The van der Waals surface area contributed by atoms with Gasteiger partial charge in [0.2, 0.25) is 5.91 Å². The van der Waals surface area contributed by atoms with E-state index in [0.717, 1.165) is 25.9 Å². The summed E-state index contributed by atoms with van der Waals surface area (Å²) in [5.74, 6) is -1.06. The Labute approximate surface area is 164 Å². The van der Waals surface area contributed by atoms with E-state index in [-0.39, 0.29) is 28.3 Å². The molecular weight excluding hydrogens is 402 g/mol. The lowest BCUT2D eigenvalue weighted by Crippen LogP contribution is -2.33. The van der Waals surface area contributed by atoms with Crippen LogP contribution in [0, 0.1) is 0 Å². The van der Waals surface area contributed by atoms with E-state index in [1.54, 1.807) is 37.4 Å². The van der Waals surface area contributed by atoms with E-state index < -0.39 is 21.8 Å². The van der Waals surface area contributed by atoms with Crippen LogP contribution in [0.1, 0.15) is 16.8 Å². The van der Waals surface area contributed by atoms with Crippen molar-refractivity contribution in [3.05, 3.63) is 57.7 Å². The summed E-state index contributed by atoms with van der Waals surface area (Å²) in [5.41, 5.74) is 1.38. The monoisotopic (exact) mass is 417 g/mol. The van der Waals surface area contributed by atoms with Gasteiger partial charge in [0.15, 0.2) is 0 Å². The average Bonchev–Trinajstić information content (AvgIpc) is 3.04. The van der Waals surface area contributed by atoms with Crippen molar-refractivity contribution in [2.75, 3.05) is 11.9 Å². The zero-order chi connectivity index (χ0) is 20.1. The van der Waals surface area contributed by atoms with E-state index in [0.29, 0.717) is 5.69 Å². The molecule has 0 radical (unpaired) electrons. The Morgan fingerprint density at radius 3 is 2.64 bits per heavy atom. The highest BCUT2D eigenvalue weighted by Gasteiger charge is 2.40. The highest BCUT2D eigenvalue weighted by molar-refractivity contribution is 7.90. The first kappa shape index (κ1) is 18.4. The number of hydrogen-bond acceptors (Lipinski definition) is 6. The van der Waals surface area contributed by atoms with Crippen molar-refractivity contribution in [2.45, 2.75) is 11.3 Å². The van der Waals surface area contributed by atoms with Gasteiger partial charge in [0, 0.05) is 25.7 Å². The molecule has 0 aliphatic carbocycles. The summed E-state index contributed by atoms with van der Waals surface area (Å²) >= 11 is 1.07. The molecule has 10 heteroatoms. The van der Waals surface area contributed by atoms with Crippen molar-refractivity contribution < 1.29 is 18.0 Å². The molecule has 0 fully saturated rings. The number of anilines is 1. The van der Waals surface area contributed by atoms with Gasteiger partial charge < -0.3 is 9.88 Å². The third-order valence-electron chi connectivity index (χ3n) is 4.53. The van der Waals surface area contributed by atoms with E-state index in [4.69, 9.17) is 0 Å². The second-order valence-electron chi connectivity index (χ2n) is 6.29. The Morgan fingerprint density at radius 2 is 1.89 bits per heavy atom. The van der Waals surface area contributed by atoms with Crippen LogP contribution in [0.15, 0.2) is 52.2 Å². The Hall–Kier alpha value is -2.98. The van der Waals surface area contributed by atoms with Crippen LogP contribution in [0.3, 0.4) is 0 Å². The van der Waals surface area contributed by atoms with Gasteiger partial charge in [0.1, 0.15) is 4.90 Å². The fourth-order valence-electron chi connectivity index (χ4n) is 3.09. The van der Waals surface area contributed by atoms with Crippen LogP contribution in [0.25, 0.3) is 10.2 Å². The first-order valence-corrected chi connectivity index (χ1v) is 10.6. The highest BCUT2D eigenvalue weighted by Crippen LogP contribution is 2.30. The number of aromatic nitrogens is 1. The first-order chi connectivity index (χ1) is 13.3. The molecule has 28 heavy (non-hydrogen) atoms. The van der Waals surface area contributed by atoms with Crippen LogP contribution in [0.5, 0.6) is 0 Å². The summed E-state index contributed by atoms with van der Waals surface area (Å²) in [6, 6.07) is 11.1. The minimum Gasteiger partial charge on any atom is -0.326 e. The summed E-state index contributed by atoms with van der Waals surface area (Å²) in [6.45, 7) is -0.247. The summed E-state index contributed by atoms with van der Waals surface area (Å²) in [4.78, 5) is 36.2. The molecule has 0 saturated heterocycles.